The molecule has 0 aliphatic heterocycles. The maximum atomic E-state index is 12.1. The summed E-state index contributed by atoms with van der Waals surface area (Å²) >= 11 is 23.9. The number of hydrogen-bond donors (Lipinski definition) is 0. The molecular weight excluding hydrogens is 406 g/mol. The summed E-state index contributed by atoms with van der Waals surface area (Å²) in [5.41, 5.74) is 0.892. The zero-order valence-corrected chi connectivity index (χ0v) is 15.6. The molecule has 1 heterocycles. The van der Waals surface area contributed by atoms with Crippen LogP contribution in [0.25, 0.3) is 11.3 Å². The minimum absolute atomic E-state index is 0.0487. The summed E-state index contributed by atoms with van der Waals surface area (Å²) in [7, 11) is 0. The monoisotopic (exact) mass is 414 g/mol. The SMILES string of the molecule is O=C(OCc1ccc(-c2ccc(Cl)cc2Cl)o1)c1cccc(Cl)c1Cl. The van der Waals surface area contributed by atoms with Crippen molar-refractivity contribution in [2.45, 2.75) is 6.61 Å². The maximum absolute atomic E-state index is 12.1. The first-order valence-electron chi connectivity index (χ1n) is 7.11. The molecule has 7 heteroatoms. The largest absolute Gasteiger partial charge is 0.457 e. The second-order valence-corrected chi connectivity index (χ2v) is 6.70. The van der Waals surface area contributed by atoms with Gasteiger partial charge in [0.1, 0.15) is 18.1 Å². The van der Waals surface area contributed by atoms with Crippen LogP contribution in [-0.4, -0.2) is 5.97 Å². The second-order valence-electron chi connectivity index (χ2n) is 5.07. The lowest BCUT2D eigenvalue weighted by molar-refractivity contribution is 0.0446. The third kappa shape index (κ3) is 4.13. The molecule has 0 saturated carbocycles. The lowest BCUT2D eigenvalue weighted by Crippen LogP contribution is -2.05. The molecule has 3 rings (SSSR count). The van der Waals surface area contributed by atoms with Gasteiger partial charge < -0.3 is 9.15 Å². The molecule has 0 aliphatic carbocycles. The van der Waals surface area contributed by atoms with Crippen LogP contribution >= 0.6 is 46.4 Å². The zero-order valence-electron chi connectivity index (χ0n) is 12.6. The number of carbonyl (C=O) groups excluding carboxylic acids is 1. The first-order chi connectivity index (χ1) is 12.0. The Morgan fingerprint density at radius 2 is 1.76 bits per heavy atom. The summed E-state index contributed by atoms with van der Waals surface area (Å²) in [5.74, 6) is 0.427. The summed E-state index contributed by atoms with van der Waals surface area (Å²) in [4.78, 5) is 12.1. The van der Waals surface area contributed by atoms with Gasteiger partial charge in [0.2, 0.25) is 0 Å². The van der Waals surface area contributed by atoms with Crippen LogP contribution in [0, 0.1) is 0 Å². The predicted octanol–water partition coefficient (Wildman–Crippen LogP) is 6.92. The highest BCUT2D eigenvalue weighted by atomic mass is 35.5. The minimum atomic E-state index is -0.588. The van der Waals surface area contributed by atoms with Gasteiger partial charge in [-0.25, -0.2) is 4.79 Å². The van der Waals surface area contributed by atoms with Crippen LogP contribution in [0.3, 0.4) is 0 Å². The minimum Gasteiger partial charge on any atom is -0.457 e. The van der Waals surface area contributed by atoms with E-state index in [0.717, 1.165) is 0 Å². The summed E-state index contributed by atoms with van der Waals surface area (Å²) in [6, 6.07) is 13.3. The Morgan fingerprint density at radius 1 is 0.960 bits per heavy atom. The summed E-state index contributed by atoms with van der Waals surface area (Å²) in [6.07, 6.45) is 0. The molecule has 0 aliphatic rings. The number of benzene rings is 2. The number of esters is 1. The Hall–Kier alpha value is -1.65. The molecule has 0 amide bonds. The number of carbonyl (C=O) groups is 1. The van der Waals surface area contributed by atoms with Gasteiger partial charge in [-0.05, 0) is 42.5 Å². The highest BCUT2D eigenvalue weighted by Crippen LogP contribution is 2.32. The van der Waals surface area contributed by atoms with E-state index in [2.05, 4.69) is 0 Å². The molecular formula is C18H10Cl4O3. The first-order valence-corrected chi connectivity index (χ1v) is 8.62. The van der Waals surface area contributed by atoms with E-state index in [1.165, 1.54) is 6.07 Å². The maximum Gasteiger partial charge on any atom is 0.340 e. The van der Waals surface area contributed by atoms with Crippen LogP contribution in [-0.2, 0) is 11.3 Å². The molecule has 128 valence electrons. The molecule has 3 aromatic rings. The number of ether oxygens (including phenoxy) is 1. The molecule has 1 aromatic heterocycles. The van der Waals surface area contributed by atoms with Crippen LogP contribution in [0.2, 0.25) is 20.1 Å². The van der Waals surface area contributed by atoms with Crippen LogP contribution in [0.1, 0.15) is 16.1 Å². The van der Waals surface area contributed by atoms with Crippen molar-refractivity contribution in [1.82, 2.24) is 0 Å². The van der Waals surface area contributed by atoms with E-state index in [1.807, 2.05) is 0 Å². The average molecular weight is 416 g/mol. The van der Waals surface area contributed by atoms with E-state index < -0.39 is 5.97 Å². The summed E-state index contributed by atoms with van der Waals surface area (Å²) < 4.78 is 10.9. The molecule has 0 radical (unpaired) electrons. The fraction of sp³-hybridized carbons (Fsp3) is 0.0556. The Labute approximate surface area is 164 Å². The Morgan fingerprint density at radius 3 is 2.52 bits per heavy atom. The highest BCUT2D eigenvalue weighted by Gasteiger charge is 2.15. The van der Waals surface area contributed by atoms with Gasteiger partial charge in [0.25, 0.3) is 0 Å². The quantitative estimate of drug-likeness (QED) is 0.434. The van der Waals surface area contributed by atoms with Crippen molar-refractivity contribution in [3.05, 3.63) is 79.9 Å². The highest BCUT2D eigenvalue weighted by molar-refractivity contribution is 6.43. The average Bonchev–Trinajstić information content (AvgIpc) is 3.04. The van der Waals surface area contributed by atoms with Crippen molar-refractivity contribution < 1.29 is 13.9 Å². The van der Waals surface area contributed by atoms with Crippen LogP contribution in [0.5, 0.6) is 0 Å². The molecule has 0 fully saturated rings. The van der Waals surface area contributed by atoms with E-state index in [4.69, 9.17) is 55.6 Å². The number of hydrogen-bond acceptors (Lipinski definition) is 3. The van der Waals surface area contributed by atoms with Gasteiger partial charge in [-0.2, -0.15) is 0 Å². The van der Waals surface area contributed by atoms with Crippen molar-refractivity contribution in [3.63, 3.8) is 0 Å². The van der Waals surface area contributed by atoms with Gasteiger partial charge in [-0.3, -0.25) is 0 Å². The lowest BCUT2D eigenvalue weighted by atomic mass is 10.2. The lowest BCUT2D eigenvalue weighted by Gasteiger charge is -2.06. The third-order valence-electron chi connectivity index (χ3n) is 3.38. The molecule has 2 aromatic carbocycles. The predicted molar refractivity (Wildman–Crippen MR) is 99.7 cm³/mol. The van der Waals surface area contributed by atoms with Gasteiger partial charge in [-0.15, -0.1) is 0 Å². The van der Waals surface area contributed by atoms with E-state index in [1.54, 1.807) is 42.5 Å². The Balaban J connectivity index is 1.71. The Bertz CT molecular complexity index is 934. The van der Waals surface area contributed by atoms with Crippen LogP contribution in [0.15, 0.2) is 52.9 Å². The van der Waals surface area contributed by atoms with Gasteiger partial charge in [0.05, 0.1) is 20.6 Å². The molecule has 0 bridgehead atoms. The first kappa shape index (κ1) is 18.2. The van der Waals surface area contributed by atoms with Gasteiger partial charge in [0, 0.05) is 10.6 Å². The van der Waals surface area contributed by atoms with E-state index in [0.29, 0.717) is 27.1 Å². The van der Waals surface area contributed by atoms with Crippen molar-refractivity contribution in [2.24, 2.45) is 0 Å². The molecule has 0 spiro atoms. The molecule has 25 heavy (non-hydrogen) atoms. The fourth-order valence-corrected chi connectivity index (χ4v) is 3.04. The molecule has 0 unspecified atom stereocenters. The zero-order chi connectivity index (χ0) is 18.0. The second kappa shape index (κ2) is 7.71. The normalized spacial score (nSPS) is 10.7. The standard InChI is InChI=1S/C18H10Cl4O3/c19-10-4-6-12(15(21)8-10)16-7-5-11(25-16)9-24-18(23)13-2-1-3-14(20)17(13)22/h1-8H,9H2. The molecule has 0 saturated heterocycles. The third-order valence-corrected chi connectivity index (χ3v) is 4.74. The fourth-order valence-electron chi connectivity index (χ4n) is 2.17. The van der Waals surface area contributed by atoms with Gasteiger partial charge in [-0.1, -0.05) is 52.5 Å². The smallest absolute Gasteiger partial charge is 0.340 e. The van der Waals surface area contributed by atoms with Crippen molar-refractivity contribution in [2.75, 3.05) is 0 Å². The number of rotatable bonds is 4. The summed E-state index contributed by atoms with van der Waals surface area (Å²) in [6.45, 7) is -0.0487. The number of furan rings is 1. The van der Waals surface area contributed by atoms with Crippen LogP contribution in [0.4, 0.5) is 0 Å². The van der Waals surface area contributed by atoms with E-state index in [-0.39, 0.29) is 22.2 Å². The number of halogens is 4. The Kier molecular flexibility index (Phi) is 5.60. The van der Waals surface area contributed by atoms with Gasteiger partial charge >= 0.3 is 5.97 Å². The van der Waals surface area contributed by atoms with Gasteiger partial charge in [0.15, 0.2) is 0 Å². The van der Waals surface area contributed by atoms with Crippen molar-refractivity contribution in [1.29, 1.82) is 0 Å². The van der Waals surface area contributed by atoms with E-state index in [9.17, 15) is 4.79 Å². The molecule has 0 atom stereocenters. The topological polar surface area (TPSA) is 39.4 Å². The summed E-state index contributed by atoms with van der Waals surface area (Å²) in [5, 5.41) is 1.44. The van der Waals surface area contributed by atoms with E-state index >= 15 is 0 Å². The molecule has 0 N–H and O–H groups in total. The van der Waals surface area contributed by atoms with Crippen molar-refractivity contribution in [3.8, 4) is 11.3 Å². The van der Waals surface area contributed by atoms with Crippen molar-refractivity contribution >= 4 is 52.4 Å². The van der Waals surface area contributed by atoms with Crippen LogP contribution < -0.4 is 0 Å². The molecule has 3 nitrogen and oxygen atoms in total.